The first-order valence-corrected chi connectivity index (χ1v) is 10.4. The zero-order valence-corrected chi connectivity index (χ0v) is 16.5. The molecule has 0 fully saturated rings. The Labute approximate surface area is 168 Å². The third-order valence-corrected chi connectivity index (χ3v) is 5.46. The van der Waals surface area contributed by atoms with Gasteiger partial charge in [0, 0.05) is 21.6 Å². The zero-order chi connectivity index (χ0) is 17.9. The normalized spacial score (nSPS) is 11.9. The van der Waals surface area contributed by atoms with Crippen molar-refractivity contribution in [3.63, 3.8) is 0 Å². The second-order valence-electron chi connectivity index (χ2n) is 5.28. The van der Waals surface area contributed by atoms with E-state index < -0.39 is 0 Å². The maximum Gasteiger partial charge on any atom is 0.257 e. The van der Waals surface area contributed by atoms with Crippen LogP contribution in [0.4, 0.5) is 0 Å². The van der Waals surface area contributed by atoms with Gasteiger partial charge in [-0.15, -0.1) is 0 Å². The molecule has 0 saturated carbocycles. The molecule has 8 heteroatoms. The van der Waals surface area contributed by atoms with Crippen LogP contribution in [0.5, 0.6) is 0 Å². The predicted octanol–water partition coefficient (Wildman–Crippen LogP) is 6.72. The lowest BCUT2D eigenvalue weighted by Crippen LogP contribution is -1.76. The Hall–Kier alpha value is -1.60. The first-order valence-electron chi connectivity index (χ1n) is 7.70. The summed E-state index contributed by atoms with van der Waals surface area (Å²) in [4.78, 5) is 8.81. The van der Waals surface area contributed by atoms with Gasteiger partial charge in [0.1, 0.15) is 11.0 Å². The third-order valence-electron chi connectivity index (χ3n) is 3.43. The Kier molecular flexibility index (Phi) is 5.45. The molecule has 2 heterocycles. The molecule has 0 spiro atoms. The Bertz CT molecular complexity index is 1010. The van der Waals surface area contributed by atoms with Gasteiger partial charge in [-0.05, 0) is 36.4 Å². The fourth-order valence-corrected chi connectivity index (χ4v) is 3.96. The van der Waals surface area contributed by atoms with Crippen molar-refractivity contribution >= 4 is 68.9 Å². The molecule has 0 atom stereocenters. The van der Waals surface area contributed by atoms with Crippen LogP contribution in [0.1, 0.15) is 0 Å². The Morgan fingerprint density at radius 3 is 1.69 bits per heavy atom. The first kappa shape index (κ1) is 17.8. The molecular formula is C18H12Cl2N2O2S2. The third kappa shape index (κ3) is 4.20. The number of nitrogens with zero attached hydrogens (tertiary/aromatic N) is 2. The number of thioether (sulfide) groups is 2. The van der Waals surface area contributed by atoms with Crippen LogP contribution in [0, 0.1) is 0 Å². The molecule has 0 N–H and O–H groups in total. The van der Waals surface area contributed by atoms with Crippen molar-refractivity contribution in [1.82, 2.24) is 9.97 Å². The average Bonchev–Trinajstić information content (AvgIpc) is 3.20. The smallest absolute Gasteiger partial charge is 0.257 e. The minimum Gasteiger partial charge on any atom is -0.431 e. The summed E-state index contributed by atoms with van der Waals surface area (Å²) in [5.74, 6) is 1.54. The maximum absolute atomic E-state index is 5.95. The number of aromatic nitrogens is 2. The summed E-state index contributed by atoms with van der Waals surface area (Å²) in [7, 11) is 0. The molecule has 0 aliphatic carbocycles. The number of halogens is 2. The highest BCUT2D eigenvalue weighted by Crippen LogP contribution is 2.27. The maximum atomic E-state index is 5.95. The van der Waals surface area contributed by atoms with Crippen molar-refractivity contribution in [2.45, 2.75) is 10.4 Å². The first-order chi connectivity index (χ1) is 12.7. The minimum atomic E-state index is 0.635. The molecule has 4 rings (SSSR count). The average molecular weight is 423 g/mol. The minimum absolute atomic E-state index is 0.635. The molecular weight excluding hydrogens is 411 g/mol. The molecule has 0 aliphatic heterocycles. The second-order valence-corrected chi connectivity index (χ2v) is 8.09. The Morgan fingerprint density at radius 2 is 1.23 bits per heavy atom. The highest BCUT2D eigenvalue weighted by atomic mass is 35.5. The van der Waals surface area contributed by atoms with Gasteiger partial charge in [0.25, 0.3) is 10.4 Å². The topological polar surface area (TPSA) is 52.1 Å². The molecule has 2 aromatic heterocycles. The summed E-state index contributed by atoms with van der Waals surface area (Å²) >= 11 is 15.0. The highest BCUT2D eigenvalue weighted by Gasteiger charge is 2.07. The molecule has 0 radical (unpaired) electrons. The monoisotopic (exact) mass is 422 g/mol. The van der Waals surface area contributed by atoms with Gasteiger partial charge in [0.2, 0.25) is 0 Å². The van der Waals surface area contributed by atoms with Crippen LogP contribution >= 0.6 is 46.7 Å². The SMILES string of the molecule is Clc1ccc2oc(SC/C=C/CSc3nc4cc(Cl)ccc4o3)nc2c1. The molecule has 4 nitrogen and oxygen atoms in total. The van der Waals surface area contributed by atoms with Gasteiger partial charge >= 0.3 is 0 Å². The van der Waals surface area contributed by atoms with Gasteiger partial charge in [0.15, 0.2) is 11.2 Å². The van der Waals surface area contributed by atoms with Crippen LogP contribution in [0.3, 0.4) is 0 Å². The lowest BCUT2D eigenvalue weighted by molar-refractivity contribution is 0.489. The molecule has 0 aliphatic rings. The number of benzene rings is 2. The summed E-state index contributed by atoms with van der Waals surface area (Å²) < 4.78 is 11.3. The Balaban J connectivity index is 1.28. The van der Waals surface area contributed by atoms with E-state index >= 15 is 0 Å². The fraction of sp³-hybridized carbons (Fsp3) is 0.111. The van der Waals surface area contributed by atoms with Crippen LogP contribution < -0.4 is 0 Å². The van der Waals surface area contributed by atoms with E-state index in [1.165, 1.54) is 23.5 Å². The van der Waals surface area contributed by atoms with E-state index in [0.717, 1.165) is 33.7 Å². The fourth-order valence-electron chi connectivity index (χ4n) is 2.26. The van der Waals surface area contributed by atoms with E-state index in [2.05, 4.69) is 22.1 Å². The molecule has 4 aromatic rings. The van der Waals surface area contributed by atoms with Crippen LogP contribution in [-0.4, -0.2) is 21.5 Å². The summed E-state index contributed by atoms with van der Waals surface area (Å²) in [5, 5.41) is 2.58. The molecule has 26 heavy (non-hydrogen) atoms. The lowest BCUT2D eigenvalue weighted by Gasteiger charge is -1.91. The number of hydrogen-bond donors (Lipinski definition) is 0. The molecule has 0 unspecified atom stereocenters. The van der Waals surface area contributed by atoms with Gasteiger partial charge in [0.05, 0.1) is 0 Å². The largest absolute Gasteiger partial charge is 0.431 e. The van der Waals surface area contributed by atoms with Crippen LogP contribution in [0.15, 0.2) is 67.8 Å². The van der Waals surface area contributed by atoms with E-state index in [-0.39, 0.29) is 0 Å². The quantitative estimate of drug-likeness (QED) is 0.254. The van der Waals surface area contributed by atoms with Crippen molar-refractivity contribution < 1.29 is 8.83 Å². The molecule has 132 valence electrons. The van der Waals surface area contributed by atoms with E-state index in [1.54, 1.807) is 24.3 Å². The van der Waals surface area contributed by atoms with Crippen LogP contribution in [0.25, 0.3) is 22.2 Å². The van der Waals surface area contributed by atoms with Crippen LogP contribution in [0.2, 0.25) is 10.0 Å². The van der Waals surface area contributed by atoms with Gasteiger partial charge in [-0.25, -0.2) is 9.97 Å². The van der Waals surface area contributed by atoms with Gasteiger partial charge in [-0.3, -0.25) is 0 Å². The number of fused-ring (bicyclic) bond motifs is 2. The van der Waals surface area contributed by atoms with Crippen molar-refractivity contribution in [3.8, 4) is 0 Å². The zero-order valence-electron chi connectivity index (χ0n) is 13.3. The van der Waals surface area contributed by atoms with Gasteiger partial charge < -0.3 is 8.83 Å². The van der Waals surface area contributed by atoms with E-state index in [4.69, 9.17) is 32.0 Å². The number of rotatable bonds is 6. The van der Waals surface area contributed by atoms with Crippen molar-refractivity contribution in [2.24, 2.45) is 0 Å². The van der Waals surface area contributed by atoms with Crippen LogP contribution in [-0.2, 0) is 0 Å². The second kappa shape index (κ2) is 7.96. The van der Waals surface area contributed by atoms with Gasteiger partial charge in [-0.1, -0.05) is 58.9 Å². The molecule has 0 bridgehead atoms. The van der Waals surface area contributed by atoms with Crippen molar-refractivity contribution in [3.05, 3.63) is 58.6 Å². The number of hydrogen-bond acceptors (Lipinski definition) is 6. The summed E-state index contributed by atoms with van der Waals surface area (Å²) in [6, 6.07) is 10.8. The lowest BCUT2D eigenvalue weighted by atomic mass is 10.3. The van der Waals surface area contributed by atoms with Crippen molar-refractivity contribution in [2.75, 3.05) is 11.5 Å². The van der Waals surface area contributed by atoms with E-state index in [0.29, 0.717) is 20.5 Å². The molecule has 0 saturated heterocycles. The van der Waals surface area contributed by atoms with E-state index in [1.807, 2.05) is 12.1 Å². The highest BCUT2D eigenvalue weighted by molar-refractivity contribution is 7.99. The summed E-state index contributed by atoms with van der Waals surface area (Å²) in [6.07, 6.45) is 4.14. The van der Waals surface area contributed by atoms with Gasteiger partial charge in [-0.2, -0.15) is 0 Å². The molecule has 0 amide bonds. The van der Waals surface area contributed by atoms with E-state index in [9.17, 15) is 0 Å². The standard InChI is InChI=1S/C18H12Cl2N2O2S2/c19-11-3-5-15-13(9-11)21-17(23-15)25-7-1-2-8-26-18-22-14-10-12(20)4-6-16(14)24-18/h1-6,9-10H,7-8H2/b2-1+. The Morgan fingerprint density at radius 1 is 0.769 bits per heavy atom. The molecule has 2 aromatic carbocycles. The number of oxazole rings is 2. The predicted molar refractivity (Wildman–Crippen MR) is 109 cm³/mol. The van der Waals surface area contributed by atoms with Crippen molar-refractivity contribution in [1.29, 1.82) is 0 Å². The summed E-state index contributed by atoms with van der Waals surface area (Å²) in [5.41, 5.74) is 3.03. The summed E-state index contributed by atoms with van der Waals surface area (Å²) in [6.45, 7) is 0.